The molecule has 1 aliphatic carbocycles. The van der Waals surface area contributed by atoms with Gasteiger partial charge in [-0.3, -0.25) is 14.4 Å². The van der Waals surface area contributed by atoms with Gasteiger partial charge in [0.15, 0.2) is 5.78 Å². The van der Waals surface area contributed by atoms with Crippen molar-refractivity contribution in [3.8, 4) is 5.75 Å². The first-order valence-electron chi connectivity index (χ1n) is 9.48. The second-order valence-corrected chi connectivity index (χ2v) is 7.34. The molecule has 2 N–H and O–H groups in total. The minimum atomic E-state index is -0.310. The van der Waals surface area contributed by atoms with E-state index in [4.69, 9.17) is 4.74 Å². The van der Waals surface area contributed by atoms with Gasteiger partial charge in [0.25, 0.3) is 5.91 Å². The van der Waals surface area contributed by atoms with Crippen molar-refractivity contribution in [2.75, 3.05) is 18.6 Å². The fourth-order valence-electron chi connectivity index (χ4n) is 4.11. The van der Waals surface area contributed by atoms with Gasteiger partial charge < -0.3 is 19.9 Å². The summed E-state index contributed by atoms with van der Waals surface area (Å²) in [6.45, 7) is 2.19. The van der Waals surface area contributed by atoms with E-state index in [9.17, 15) is 14.4 Å². The van der Waals surface area contributed by atoms with Crippen LogP contribution in [0.3, 0.4) is 0 Å². The highest BCUT2D eigenvalue weighted by molar-refractivity contribution is 6.10. The highest BCUT2D eigenvalue weighted by Gasteiger charge is 2.34. The number of carbonyl (C=O) groups excluding carboxylic acids is 3. The lowest BCUT2D eigenvalue weighted by atomic mass is 9.93. The van der Waals surface area contributed by atoms with Crippen molar-refractivity contribution >= 4 is 23.3 Å². The van der Waals surface area contributed by atoms with Crippen molar-refractivity contribution in [3.05, 3.63) is 46.8 Å². The topological polar surface area (TPSA) is 91.5 Å². The number of amides is 2. The average Bonchev–Trinajstić information content (AvgIpc) is 3.21. The Balaban J connectivity index is 1.51. The number of aromatic nitrogens is 1. The number of fused-ring (bicyclic) bond motifs is 1. The zero-order valence-electron chi connectivity index (χ0n) is 16.0. The van der Waals surface area contributed by atoms with Crippen molar-refractivity contribution in [1.29, 1.82) is 0 Å². The predicted octanol–water partition coefficient (Wildman–Crippen LogP) is 2.39. The smallest absolute Gasteiger partial charge is 0.254 e. The van der Waals surface area contributed by atoms with E-state index >= 15 is 0 Å². The highest BCUT2D eigenvalue weighted by Crippen LogP contribution is 2.28. The molecule has 28 heavy (non-hydrogen) atoms. The molecule has 0 unspecified atom stereocenters. The van der Waals surface area contributed by atoms with E-state index in [1.165, 1.54) is 0 Å². The summed E-state index contributed by atoms with van der Waals surface area (Å²) in [5.41, 5.74) is 3.24. The molecular formula is C21H23N3O4. The number of hydrogen-bond donors (Lipinski definition) is 2. The van der Waals surface area contributed by atoms with Gasteiger partial charge in [-0.25, -0.2) is 0 Å². The van der Waals surface area contributed by atoms with E-state index in [1.807, 2.05) is 25.1 Å². The summed E-state index contributed by atoms with van der Waals surface area (Å²) in [6, 6.07) is 6.98. The zero-order valence-corrected chi connectivity index (χ0v) is 16.0. The van der Waals surface area contributed by atoms with Gasteiger partial charge in [0, 0.05) is 42.5 Å². The van der Waals surface area contributed by atoms with Gasteiger partial charge in [0.1, 0.15) is 5.75 Å². The van der Waals surface area contributed by atoms with Crippen LogP contribution >= 0.6 is 0 Å². The largest absolute Gasteiger partial charge is 0.497 e. The van der Waals surface area contributed by atoms with E-state index in [0.29, 0.717) is 35.5 Å². The van der Waals surface area contributed by atoms with Crippen molar-refractivity contribution in [3.63, 3.8) is 0 Å². The first-order chi connectivity index (χ1) is 13.5. The first kappa shape index (κ1) is 18.3. The molecule has 2 aromatic rings. The Morgan fingerprint density at radius 3 is 2.89 bits per heavy atom. The Labute approximate surface area is 163 Å². The number of benzene rings is 1. The molecule has 1 aliphatic heterocycles. The van der Waals surface area contributed by atoms with Crippen LogP contribution in [-0.2, 0) is 11.2 Å². The van der Waals surface area contributed by atoms with Gasteiger partial charge in [-0.05, 0) is 31.9 Å². The quantitative estimate of drug-likeness (QED) is 0.851. The molecule has 0 spiro atoms. The molecule has 1 aromatic carbocycles. The predicted molar refractivity (Wildman–Crippen MR) is 104 cm³/mol. The van der Waals surface area contributed by atoms with Gasteiger partial charge in [0.2, 0.25) is 5.91 Å². The molecule has 1 fully saturated rings. The highest BCUT2D eigenvalue weighted by atomic mass is 16.5. The third-order valence-electron chi connectivity index (χ3n) is 5.43. The maximum Gasteiger partial charge on any atom is 0.254 e. The van der Waals surface area contributed by atoms with E-state index in [-0.39, 0.29) is 30.1 Å². The molecule has 1 aromatic heterocycles. The lowest BCUT2D eigenvalue weighted by Crippen LogP contribution is -2.38. The number of hydrogen-bond acceptors (Lipinski definition) is 4. The van der Waals surface area contributed by atoms with Gasteiger partial charge in [0.05, 0.1) is 24.3 Å². The number of anilines is 1. The van der Waals surface area contributed by atoms with Gasteiger partial charge >= 0.3 is 0 Å². The third-order valence-corrected chi connectivity index (χ3v) is 5.43. The fraction of sp³-hybridized carbons (Fsp3) is 0.381. The van der Waals surface area contributed by atoms with Crippen LogP contribution in [0.4, 0.5) is 5.69 Å². The minimum Gasteiger partial charge on any atom is -0.497 e. The number of carbonyl (C=O) groups is 3. The number of aromatic amines is 1. The average molecular weight is 381 g/mol. The summed E-state index contributed by atoms with van der Waals surface area (Å²) in [4.78, 5) is 42.6. The van der Waals surface area contributed by atoms with Crippen LogP contribution in [0.1, 0.15) is 51.4 Å². The number of methoxy groups -OCH3 is 1. The second kappa shape index (κ2) is 7.14. The molecule has 2 amide bonds. The molecule has 7 heteroatoms. The standard InChI is InChI=1S/C21H23N3O4/c1-12-19(20-16(22-12)7-4-8-17(20)25)21(27)23-13-9-18(26)24(11-13)14-5-3-6-15(10-14)28-2/h3,5-6,10,13,22H,4,7-9,11H2,1-2H3,(H,23,27)/t13-/m0/s1. The second-order valence-electron chi connectivity index (χ2n) is 7.34. The third kappa shape index (κ3) is 3.17. The lowest BCUT2D eigenvalue weighted by molar-refractivity contribution is -0.117. The summed E-state index contributed by atoms with van der Waals surface area (Å²) in [5, 5.41) is 2.95. The monoisotopic (exact) mass is 381 g/mol. The van der Waals surface area contributed by atoms with Crippen molar-refractivity contribution in [1.82, 2.24) is 10.3 Å². The number of rotatable bonds is 4. The Kier molecular flexibility index (Phi) is 4.66. The molecule has 0 bridgehead atoms. The van der Waals surface area contributed by atoms with Crippen LogP contribution in [0, 0.1) is 6.92 Å². The SMILES string of the molecule is COc1cccc(N2C[C@@H](NC(=O)c3c(C)[nH]c4c3C(=O)CCC4)CC2=O)c1. The molecule has 1 saturated heterocycles. The van der Waals surface area contributed by atoms with Crippen LogP contribution in [0.15, 0.2) is 24.3 Å². The summed E-state index contributed by atoms with van der Waals surface area (Å²) >= 11 is 0. The molecule has 1 atom stereocenters. The minimum absolute atomic E-state index is 0.0104. The number of H-pyrrole nitrogens is 1. The number of ether oxygens (including phenoxy) is 1. The lowest BCUT2D eigenvalue weighted by Gasteiger charge is -2.18. The van der Waals surface area contributed by atoms with Crippen molar-refractivity contribution < 1.29 is 19.1 Å². The Hall–Kier alpha value is -3.09. The van der Waals surface area contributed by atoms with E-state index in [1.54, 1.807) is 18.1 Å². The first-order valence-corrected chi connectivity index (χ1v) is 9.48. The molecule has 2 aliphatic rings. The normalized spacial score (nSPS) is 18.9. The molecule has 0 saturated carbocycles. The number of aryl methyl sites for hydroxylation is 2. The van der Waals surface area contributed by atoms with E-state index in [2.05, 4.69) is 10.3 Å². The Bertz CT molecular complexity index is 963. The summed E-state index contributed by atoms with van der Waals surface area (Å²) < 4.78 is 5.22. The molecule has 4 rings (SSSR count). The maximum absolute atomic E-state index is 12.9. The summed E-state index contributed by atoms with van der Waals surface area (Å²) in [6.07, 6.45) is 2.28. The van der Waals surface area contributed by atoms with Crippen molar-refractivity contribution in [2.45, 2.75) is 38.6 Å². The van der Waals surface area contributed by atoms with Crippen LogP contribution in [0.5, 0.6) is 5.75 Å². The van der Waals surface area contributed by atoms with Crippen LogP contribution in [0.2, 0.25) is 0 Å². The van der Waals surface area contributed by atoms with E-state index in [0.717, 1.165) is 24.2 Å². The van der Waals surface area contributed by atoms with Crippen LogP contribution in [-0.4, -0.2) is 42.3 Å². The molecule has 2 heterocycles. The molecule has 0 radical (unpaired) electrons. The van der Waals surface area contributed by atoms with Gasteiger partial charge in [-0.15, -0.1) is 0 Å². The number of ketones is 1. The fourth-order valence-corrected chi connectivity index (χ4v) is 4.11. The van der Waals surface area contributed by atoms with Crippen LogP contribution in [0.25, 0.3) is 0 Å². The maximum atomic E-state index is 12.9. The summed E-state index contributed by atoms with van der Waals surface area (Å²) in [5.74, 6) is 0.333. The Morgan fingerprint density at radius 2 is 2.11 bits per heavy atom. The van der Waals surface area contributed by atoms with Gasteiger partial charge in [-0.1, -0.05) is 6.07 Å². The van der Waals surface area contributed by atoms with E-state index < -0.39 is 0 Å². The number of nitrogens with zero attached hydrogens (tertiary/aromatic N) is 1. The summed E-state index contributed by atoms with van der Waals surface area (Å²) in [7, 11) is 1.58. The molecular weight excluding hydrogens is 358 g/mol. The number of Topliss-reactive ketones (excluding diaryl/α,β-unsaturated/α-hetero) is 1. The number of nitrogens with one attached hydrogen (secondary N) is 2. The van der Waals surface area contributed by atoms with Crippen molar-refractivity contribution in [2.24, 2.45) is 0 Å². The zero-order chi connectivity index (χ0) is 19.8. The molecule has 7 nitrogen and oxygen atoms in total. The molecule has 146 valence electrons. The van der Waals surface area contributed by atoms with Gasteiger partial charge in [-0.2, -0.15) is 0 Å². The Morgan fingerprint density at radius 1 is 1.29 bits per heavy atom. The van der Waals surface area contributed by atoms with Crippen LogP contribution < -0.4 is 15.0 Å².